The lowest BCUT2D eigenvalue weighted by Crippen LogP contribution is -2.15. The molecular formula is C54H38N2O2S. The third-order valence-corrected chi connectivity index (χ3v) is 13.2. The fraction of sp³-hybridized carbons (Fsp3) is 0.0741. The Hall–Kier alpha value is -7.08. The third-order valence-electron chi connectivity index (χ3n) is 11.9. The number of aryl methyl sites for hydroxylation is 1. The predicted molar refractivity (Wildman–Crippen MR) is 246 cm³/mol. The van der Waals surface area contributed by atoms with Crippen molar-refractivity contribution in [3.63, 3.8) is 0 Å². The number of aromatic nitrogens is 2. The molecule has 7 aromatic carbocycles. The second-order valence-electron chi connectivity index (χ2n) is 15.9. The van der Waals surface area contributed by atoms with Gasteiger partial charge < -0.3 is 8.83 Å². The van der Waals surface area contributed by atoms with Gasteiger partial charge >= 0.3 is 0 Å². The highest BCUT2D eigenvalue weighted by Crippen LogP contribution is 2.52. The molecule has 0 amide bonds. The summed E-state index contributed by atoms with van der Waals surface area (Å²) in [4.78, 5) is 10.8. The van der Waals surface area contributed by atoms with Crippen LogP contribution in [0.15, 0.2) is 173 Å². The van der Waals surface area contributed by atoms with E-state index in [1.54, 1.807) is 0 Å². The number of hydrogen-bond acceptors (Lipinski definition) is 5. The fourth-order valence-corrected chi connectivity index (χ4v) is 9.84. The van der Waals surface area contributed by atoms with Gasteiger partial charge in [0.15, 0.2) is 11.2 Å². The van der Waals surface area contributed by atoms with E-state index >= 15 is 0 Å². The average Bonchev–Trinajstić information content (AvgIpc) is 4.04. The van der Waals surface area contributed by atoms with Gasteiger partial charge in [-0.3, -0.25) is 0 Å². The van der Waals surface area contributed by atoms with Crippen molar-refractivity contribution in [2.24, 2.45) is 0 Å². The third kappa shape index (κ3) is 5.88. The predicted octanol–water partition coefficient (Wildman–Crippen LogP) is 15.3. The molecule has 4 nitrogen and oxygen atoms in total. The van der Waals surface area contributed by atoms with Gasteiger partial charge in [-0.1, -0.05) is 93.2 Å². The molecule has 3 aromatic heterocycles. The van der Waals surface area contributed by atoms with Crippen LogP contribution < -0.4 is 0 Å². The zero-order valence-corrected chi connectivity index (χ0v) is 33.7. The molecular weight excluding hydrogens is 741 g/mol. The molecule has 0 bridgehead atoms. The summed E-state index contributed by atoms with van der Waals surface area (Å²) >= 11 is 1.86. The first-order valence-corrected chi connectivity index (χ1v) is 20.7. The van der Waals surface area contributed by atoms with E-state index in [0.29, 0.717) is 11.8 Å². The van der Waals surface area contributed by atoms with E-state index in [0.717, 1.165) is 61.1 Å². The van der Waals surface area contributed by atoms with E-state index in [1.165, 1.54) is 48.3 Å². The highest BCUT2D eigenvalue weighted by Gasteiger charge is 2.36. The number of para-hydroxylation sites is 4. The van der Waals surface area contributed by atoms with Gasteiger partial charge in [-0.05, 0) is 165 Å². The van der Waals surface area contributed by atoms with E-state index in [2.05, 4.69) is 130 Å². The van der Waals surface area contributed by atoms with Crippen LogP contribution in [-0.2, 0) is 5.41 Å². The maximum atomic E-state index is 6.10. The lowest BCUT2D eigenvalue weighted by atomic mass is 9.81. The van der Waals surface area contributed by atoms with Crippen LogP contribution in [0.4, 0.5) is 0 Å². The molecule has 0 atom stereocenters. The molecule has 0 saturated carbocycles. The Morgan fingerprint density at radius 2 is 1.05 bits per heavy atom. The van der Waals surface area contributed by atoms with Gasteiger partial charge in [-0.2, -0.15) is 0 Å². The molecule has 0 fully saturated rings. The number of fused-ring (bicyclic) bond motifs is 6. The average molecular weight is 779 g/mol. The van der Waals surface area contributed by atoms with Crippen LogP contribution in [0.25, 0.3) is 106 Å². The van der Waals surface area contributed by atoms with Crippen molar-refractivity contribution in [1.82, 2.24) is 9.97 Å². The summed E-state index contributed by atoms with van der Waals surface area (Å²) in [5.74, 6) is 1.24. The Labute approximate surface area is 346 Å². The Kier molecular flexibility index (Phi) is 8.04. The van der Waals surface area contributed by atoms with Crippen molar-refractivity contribution in [2.45, 2.75) is 26.2 Å². The standard InChI is InChI=1S/C54H38N2O2S/c1-5-6-15-50-32(2)42-30-43-41-25-24-37(29-44(41)54(3,4)45(43)31-51(42)59-50)40-27-38(33-16-20-35(21-17-33)52-55-46-11-7-9-13-48(46)57-52)26-39(28-40)34-18-22-36(23-19-34)53-56-47-12-8-10-14-49(47)58-53/h5-31H,1H2,2-4H3/b15-6-. The lowest BCUT2D eigenvalue weighted by Gasteiger charge is -2.22. The summed E-state index contributed by atoms with van der Waals surface area (Å²) in [7, 11) is 0. The summed E-state index contributed by atoms with van der Waals surface area (Å²) < 4.78 is 13.5. The normalized spacial score (nSPS) is 13.1. The molecule has 3 heterocycles. The van der Waals surface area contributed by atoms with Crippen LogP contribution >= 0.6 is 11.3 Å². The van der Waals surface area contributed by atoms with E-state index in [9.17, 15) is 0 Å². The largest absolute Gasteiger partial charge is 0.436 e. The second kappa shape index (κ2) is 13.5. The molecule has 282 valence electrons. The number of oxazole rings is 2. The summed E-state index contributed by atoms with van der Waals surface area (Å²) in [5, 5.41) is 1.33. The Balaban J connectivity index is 1.01. The minimum atomic E-state index is -0.161. The number of hydrogen-bond donors (Lipinski definition) is 0. The first kappa shape index (κ1) is 35.1. The maximum absolute atomic E-state index is 6.10. The first-order chi connectivity index (χ1) is 28.8. The highest BCUT2D eigenvalue weighted by molar-refractivity contribution is 7.20. The zero-order valence-electron chi connectivity index (χ0n) is 32.9. The molecule has 59 heavy (non-hydrogen) atoms. The number of benzene rings is 7. The molecule has 0 radical (unpaired) electrons. The van der Waals surface area contributed by atoms with Crippen molar-refractivity contribution in [3.8, 4) is 67.4 Å². The minimum absolute atomic E-state index is 0.161. The molecule has 10 aromatic rings. The molecule has 0 unspecified atom stereocenters. The van der Waals surface area contributed by atoms with Gasteiger partial charge in [0, 0.05) is 26.1 Å². The van der Waals surface area contributed by atoms with Gasteiger partial charge in [0.1, 0.15) is 11.0 Å². The Morgan fingerprint density at radius 1 is 0.542 bits per heavy atom. The molecule has 0 N–H and O–H groups in total. The van der Waals surface area contributed by atoms with Crippen LogP contribution in [0.1, 0.15) is 35.4 Å². The topological polar surface area (TPSA) is 52.1 Å². The first-order valence-electron chi connectivity index (χ1n) is 19.9. The lowest BCUT2D eigenvalue weighted by molar-refractivity contribution is 0.619. The second-order valence-corrected chi connectivity index (χ2v) is 17.0. The van der Waals surface area contributed by atoms with Crippen LogP contribution in [0, 0.1) is 6.92 Å². The minimum Gasteiger partial charge on any atom is -0.436 e. The fourth-order valence-electron chi connectivity index (χ4n) is 8.69. The number of rotatable bonds is 7. The summed E-state index contributed by atoms with van der Waals surface area (Å²) in [6.07, 6.45) is 6.04. The van der Waals surface area contributed by atoms with Gasteiger partial charge in [0.2, 0.25) is 11.8 Å². The highest BCUT2D eigenvalue weighted by atomic mass is 32.1. The Bertz CT molecular complexity index is 3120. The van der Waals surface area contributed by atoms with Gasteiger partial charge in [-0.25, -0.2) is 9.97 Å². The van der Waals surface area contributed by atoms with Crippen LogP contribution in [0.3, 0.4) is 0 Å². The Morgan fingerprint density at radius 3 is 1.61 bits per heavy atom. The molecule has 1 aliphatic rings. The van der Waals surface area contributed by atoms with Crippen LogP contribution in [-0.4, -0.2) is 9.97 Å². The molecule has 5 heteroatoms. The van der Waals surface area contributed by atoms with Crippen molar-refractivity contribution in [1.29, 1.82) is 0 Å². The van der Waals surface area contributed by atoms with Crippen LogP contribution in [0.2, 0.25) is 0 Å². The molecule has 0 saturated heterocycles. The SMILES string of the molecule is C=C/C=C\c1sc2cc3c(cc2c1C)-c1ccc(-c2cc(-c4ccc(-c5nc6ccccc6o5)cc4)cc(-c4ccc(-c5nc6ccccc6o5)cc4)c2)cc1C3(C)C. The van der Waals surface area contributed by atoms with E-state index in [1.807, 2.05) is 72.0 Å². The molecule has 1 aliphatic carbocycles. The number of nitrogens with zero attached hydrogens (tertiary/aromatic N) is 2. The number of allylic oxidation sites excluding steroid dienone is 2. The smallest absolute Gasteiger partial charge is 0.227 e. The summed E-state index contributed by atoms with van der Waals surface area (Å²) in [6, 6.07) is 51.6. The molecule has 0 aliphatic heterocycles. The summed E-state index contributed by atoms with van der Waals surface area (Å²) in [5.41, 5.74) is 18.5. The van der Waals surface area contributed by atoms with E-state index in [-0.39, 0.29) is 5.41 Å². The number of thiophene rings is 1. The molecule has 11 rings (SSSR count). The van der Waals surface area contributed by atoms with Crippen molar-refractivity contribution in [3.05, 3.63) is 186 Å². The van der Waals surface area contributed by atoms with E-state index in [4.69, 9.17) is 18.8 Å². The van der Waals surface area contributed by atoms with Crippen molar-refractivity contribution < 1.29 is 8.83 Å². The van der Waals surface area contributed by atoms with Crippen LogP contribution in [0.5, 0.6) is 0 Å². The zero-order chi connectivity index (χ0) is 39.8. The van der Waals surface area contributed by atoms with Crippen molar-refractivity contribution >= 4 is 49.7 Å². The van der Waals surface area contributed by atoms with Crippen molar-refractivity contribution in [2.75, 3.05) is 0 Å². The molecule has 0 spiro atoms. The summed E-state index contributed by atoms with van der Waals surface area (Å²) in [6.45, 7) is 10.8. The quantitative estimate of drug-likeness (QED) is 0.151. The van der Waals surface area contributed by atoms with E-state index < -0.39 is 0 Å². The van der Waals surface area contributed by atoms with Gasteiger partial charge in [0.25, 0.3) is 0 Å². The maximum Gasteiger partial charge on any atom is 0.227 e. The monoisotopic (exact) mass is 778 g/mol. The van der Waals surface area contributed by atoms with Gasteiger partial charge in [-0.15, -0.1) is 11.3 Å². The van der Waals surface area contributed by atoms with Gasteiger partial charge in [0.05, 0.1) is 0 Å².